The lowest BCUT2D eigenvalue weighted by molar-refractivity contribution is -0.129. The largest absolute Gasteiger partial charge is 0.488 e. The Labute approximate surface area is 170 Å². The van der Waals surface area contributed by atoms with Crippen LogP contribution in [0.25, 0.3) is 10.4 Å². The van der Waals surface area contributed by atoms with Crippen LogP contribution in [-0.4, -0.2) is 24.5 Å². The number of fused-ring (bicyclic) bond motifs is 3. The Bertz CT molecular complexity index is 994. The predicted octanol–water partition coefficient (Wildman–Crippen LogP) is 4.27. The molecule has 0 bridgehead atoms. The molecule has 3 heterocycles. The molecule has 1 aliphatic heterocycles. The average Bonchev–Trinajstić information content (AvgIpc) is 3.37. The van der Waals surface area contributed by atoms with Crippen LogP contribution in [0.2, 0.25) is 0 Å². The highest BCUT2D eigenvalue weighted by Gasteiger charge is 2.25. The van der Waals surface area contributed by atoms with E-state index in [-0.39, 0.29) is 5.91 Å². The molecule has 1 atom stereocenters. The Morgan fingerprint density at radius 2 is 2.11 bits per heavy atom. The minimum Gasteiger partial charge on any atom is -0.488 e. The number of thiophene rings is 2. The second-order valence-electron chi connectivity index (χ2n) is 6.42. The molecular formula is C21H19NO4S2. The lowest BCUT2D eigenvalue weighted by Gasteiger charge is -2.16. The maximum Gasteiger partial charge on any atom is 0.349 e. The fraction of sp³-hybridized carbons (Fsp3) is 0.238. The quantitative estimate of drug-likeness (QED) is 0.613. The summed E-state index contributed by atoms with van der Waals surface area (Å²) in [6, 6.07) is 13.6. The first kappa shape index (κ1) is 18.7. The highest BCUT2D eigenvalue weighted by molar-refractivity contribution is 7.17. The number of esters is 1. The number of carbonyl (C=O) groups is 2. The summed E-state index contributed by atoms with van der Waals surface area (Å²) in [5.74, 6) is 0.0351. The van der Waals surface area contributed by atoms with E-state index in [9.17, 15) is 9.59 Å². The molecule has 7 heteroatoms. The van der Waals surface area contributed by atoms with E-state index in [1.807, 2.05) is 41.8 Å². The first-order valence-electron chi connectivity index (χ1n) is 8.98. The second kappa shape index (κ2) is 8.16. The summed E-state index contributed by atoms with van der Waals surface area (Å²) < 4.78 is 11.1. The smallest absolute Gasteiger partial charge is 0.349 e. The Hall–Kier alpha value is -2.64. The van der Waals surface area contributed by atoms with Gasteiger partial charge in [-0.3, -0.25) is 4.79 Å². The molecule has 0 radical (unpaired) electrons. The van der Waals surface area contributed by atoms with E-state index in [1.165, 1.54) is 16.2 Å². The summed E-state index contributed by atoms with van der Waals surface area (Å²) in [5, 5.41) is 4.82. The number of rotatable bonds is 6. The Kier molecular flexibility index (Phi) is 5.45. The molecule has 28 heavy (non-hydrogen) atoms. The Morgan fingerprint density at radius 1 is 1.25 bits per heavy atom. The number of amides is 1. The number of carbonyl (C=O) groups excluding carboxylic acids is 2. The number of benzene rings is 1. The molecule has 1 amide bonds. The summed E-state index contributed by atoms with van der Waals surface area (Å²) in [4.78, 5) is 27.4. The van der Waals surface area contributed by atoms with Gasteiger partial charge in [-0.1, -0.05) is 18.2 Å². The van der Waals surface area contributed by atoms with Gasteiger partial charge in [0.05, 0.1) is 0 Å². The number of para-hydroxylation sites is 1. The van der Waals surface area contributed by atoms with Crippen molar-refractivity contribution in [3.05, 3.63) is 63.2 Å². The van der Waals surface area contributed by atoms with Gasteiger partial charge in [-0.05, 0) is 43.0 Å². The van der Waals surface area contributed by atoms with Gasteiger partial charge in [0, 0.05) is 27.4 Å². The zero-order chi connectivity index (χ0) is 19.5. The van der Waals surface area contributed by atoms with E-state index in [4.69, 9.17) is 9.47 Å². The third-order valence-electron chi connectivity index (χ3n) is 4.43. The molecule has 0 fully saturated rings. The molecule has 3 aromatic rings. The van der Waals surface area contributed by atoms with Crippen molar-refractivity contribution < 1.29 is 19.1 Å². The third kappa shape index (κ3) is 3.95. The topological polar surface area (TPSA) is 64.6 Å². The van der Waals surface area contributed by atoms with Crippen LogP contribution < -0.4 is 10.1 Å². The van der Waals surface area contributed by atoms with Crippen LogP contribution in [0.15, 0.2) is 47.8 Å². The number of ether oxygens (including phenoxy) is 2. The van der Waals surface area contributed by atoms with Gasteiger partial charge in [0.1, 0.15) is 17.2 Å². The lowest BCUT2D eigenvalue weighted by atomic mass is 10.1. The standard InChI is InChI=1S/C21H19NO4S2/c1-13(20(23)22-9-8-15-5-4-10-27-15)26-21(24)18-11-14-12-25-17-7-3-2-6-16(17)19(14)28-18/h2-7,10-11,13H,8-9,12H2,1H3,(H,22,23)/t13-/m1/s1. The summed E-state index contributed by atoms with van der Waals surface area (Å²) in [7, 11) is 0. The van der Waals surface area contributed by atoms with E-state index in [0.29, 0.717) is 18.0 Å². The van der Waals surface area contributed by atoms with Crippen molar-refractivity contribution in [3.8, 4) is 16.2 Å². The third-order valence-corrected chi connectivity index (χ3v) is 6.56. The highest BCUT2D eigenvalue weighted by atomic mass is 32.1. The van der Waals surface area contributed by atoms with Crippen molar-refractivity contribution in [3.63, 3.8) is 0 Å². The molecule has 5 nitrogen and oxygen atoms in total. The van der Waals surface area contributed by atoms with Crippen molar-refractivity contribution in [2.45, 2.75) is 26.1 Å². The summed E-state index contributed by atoms with van der Waals surface area (Å²) >= 11 is 3.02. The van der Waals surface area contributed by atoms with Crippen molar-refractivity contribution in [1.29, 1.82) is 0 Å². The van der Waals surface area contributed by atoms with Gasteiger partial charge >= 0.3 is 5.97 Å². The summed E-state index contributed by atoms with van der Waals surface area (Å²) in [6.07, 6.45) is -0.0836. The second-order valence-corrected chi connectivity index (χ2v) is 8.50. The van der Waals surface area contributed by atoms with Crippen molar-refractivity contribution in [2.24, 2.45) is 0 Å². The number of nitrogens with one attached hydrogen (secondary N) is 1. The van der Waals surface area contributed by atoms with Gasteiger partial charge in [-0.15, -0.1) is 22.7 Å². The van der Waals surface area contributed by atoms with Crippen LogP contribution >= 0.6 is 22.7 Å². The van der Waals surface area contributed by atoms with E-state index < -0.39 is 12.1 Å². The van der Waals surface area contributed by atoms with E-state index >= 15 is 0 Å². The van der Waals surface area contributed by atoms with Crippen molar-refractivity contribution in [1.82, 2.24) is 5.32 Å². The first-order valence-corrected chi connectivity index (χ1v) is 10.7. The minimum atomic E-state index is -0.849. The van der Waals surface area contributed by atoms with E-state index in [1.54, 1.807) is 24.3 Å². The normalized spacial score (nSPS) is 13.0. The maximum atomic E-state index is 12.5. The molecule has 1 N–H and O–H groups in total. The van der Waals surface area contributed by atoms with Crippen LogP contribution in [0.3, 0.4) is 0 Å². The van der Waals surface area contributed by atoms with Crippen molar-refractivity contribution >= 4 is 34.6 Å². The molecule has 2 aromatic heterocycles. The monoisotopic (exact) mass is 413 g/mol. The molecule has 0 saturated carbocycles. The van der Waals surface area contributed by atoms with Crippen LogP contribution in [0, 0.1) is 0 Å². The SMILES string of the molecule is C[C@@H](OC(=O)c1cc2c(s1)-c1ccccc1OC2)C(=O)NCCc1cccs1. The number of hydrogen-bond donors (Lipinski definition) is 1. The first-order chi connectivity index (χ1) is 13.6. The zero-order valence-electron chi connectivity index (χ0n) is 15.3. The molecule has 0 unspecified atom stereocenters. The predicted molar refractivity (Wildman–Crippen MR) is 110 cm³/mol. The minimum absolute atomic E-state index is 0.292. The molecule has 1 aliphatic rings. The van der Waals surface area contributed by atoms with Crippen molar-refractivity contribution in [2.75, 3.05) is 6.54 Å². The van der Waals surface area contributed by atoms with Crippen LogP contribution in [0.1, 0.15) is 27.0 Å². The van der Waals surface area contributed by atoms with Gasteiger partial charge in [-0.2, -0.15) is 0 Å². The molecule has 1 aromatic carbocycles. The molecular weight excluding hydrogens is 394 g/mol. The Morgan fingerprint density at radius 3 is 2.93 bits per heavy atom. The lowest BCUT2D eigenvalue weighted by Crippen LogP contribution is -2.36. The summed E-state index contributed by atoms with van der Waals surface area (Å²) in [5.41, 5.74) is 1.94. The van der Waals surface area contributed by atoms with E-state index in [2.05, 4.69) is 5.32 Å². The van der Waals surface area contributed by atoms with Gasteiger partial charge in [-0.25, -0.2) is 4.79 Å². The fourth-order valence-corrected chi connectivity index (χ4v) is 4.77. The van der Waals surface area contributed by atoms with Gasteiger partial charge < -0.3 is 14.8 Å². The van der Waals surface area contributed by atoms with Gasteiger partial charge in [0.2, 0.25) is 0 Å². The molecule has 144 valence electrons. The van der Waals surface area contributed by atoms with Gasteiger partial charge in [0.25, 0.3) is 5.91 Å². The number of hydrogen-bond acceptors (Lipinski definition) is 6. The highest BCUT2D eigenvalue weighted by Crippen LogP contribution is 2.42. The molecule has 4 rings (SSSR count). The molecule has 0 saturated heterocycles. The molecule has 0 aliphatic carbocycles. The summed E-state index contributed by atoms with van der Waals surface area (Å²) in [6.45, 7) is 2.53. The van der Waals surface area contributed by atoms with Crippen LogP contribution in [0.4, 0.5) is 0 Å². The molecule has 0 spiro atoms. The fourth-order valence-electron chi connectivity index (χ4n) is 2.98. The Balaban J connectivity index is 1.36. The van der Waals surface area contributed by atoms with Gasteiger partial charge in [0.15, 0.2) is 6.10 Å². The van der Waals surface area contributed by atoms with Crippen LogP contribution in [0.5, 0.6) is 5.75 Å². The van der Waals surface area contributed by atoms with E-state index in [0.717, 1.165) is 28.2 Å². The maximum absolute atomic E-state index is 12.5. The zero-order valence-corrected chi connectivity index (χ0v) is 16.9. The van der Waals surface area contributed by atoms with Crippen LogP contribution in [-0.2, 0) is 22.6 Å². The average molecular weight is 414 g/mol.